The molecule has 0 aliphatic carbocycles. The van der Waals surface area contributed by atoms with E-state index in [1.54, 1.807) is 0 Å². The molecule has 2 unspecified atom stereocenters. The number of rotatable bonds is 42. The van der Waals surface area contributed by atoms with E-state index in [9.17, 15) is 14.3 Å². The first-order chi connectivity index (χ1) is 24.4. The standard InChI is InChI=1S/C41H84NO7P/c1-3-5-7-9-11-13-15-17-19-20-22-24-26-28-30-32-34-41(43)49-40(39-48-50(44,45)47-37-35-42)38-46-36-33-31-29-27-25-23-21-18-16-14-12-10-8-6-4-2/h40H,3-39,42H2,1-2H3,(H,44,45). The summed E-state index contributed by atoms with van der Waals surface area (Å²) in [4.78, 5) is 22.4. The van der Waals surface area contributed by atoms with Crippen LogP contribution in [0.2, 0.25) is 0 Å². The van der Waals surface area contributed by atoms with Crippen LogP contribution in [0.5, 0.6) is 0 Å². The maximum Gasteiger partial charge on any atom is 0.472 e. The third-order valence-corrected chi connectivity index (χ3v) is 10.5. The van der Waals surface area contributed by atoms with Gasteiger partial charge < -0.3 is 20.1 Å². The van der Waals surface area contributed by atoms with Crippen molar-refractivity contribution in [3.8, 4) is 0 Å². The smallest absolute Gasteiger partial charge is 0.457 e. The normalized spacial score (nSPS) is 13.4. The number of phosphoric ester groups is 1. The van der Waals surface area contributed by atoms with Gasteiger partial charge in [0.25, 0.3) is 0 Å². The molecule has 0 rings (SSSR count). The van der Waals surface area contributed by atoms with Gasteiger partial charge in [-0.15, -0.1) is 0 Å². The number of carbonyl (C=O) groups is 1. The van der Waals surface area contributed by atoms with E-state index in [4.69, 9.17) is 24.3 Å². The highest BCUT2D eigenvalue weighted by Crippen LogP contribution is 2.43. The fourth-order valence-electron chi connectivity index (χ4n) is 6.35. The van der Waals surface area contributed by atoms with Crippen molar-refractivity contribution in [3.05, 3.63) is 0 Å². The number of carbonyl (C=O) groups excluding carboxylic acids is 1. The Morgan fingerprint density at radius 2 is 0.880 bits per heavy atom. The second kappa shape index (κ2) is 39.7. The molecule has 0 aromatic rings. The lowest BCUT2D eigenvalue weighted by molar-refractivity contribution is -0.154. The highest BCUT2D eigenvalue weighted by atomic mass is 31.2. The summed E-state index contributed by atoms with van der Waals surface area (Å²) in [5.41, 5.74) is 5.37. The number of phosphoric acid groups is 1. The summed E-state index contributed by atoms with van der Waals surface area (Å²) in [5, 5.41) is 0. The molecule has 0 heterocycles. The van der Waals surface area contributed by atoms with E-state index in [0.29, 0.717) is 13.0 Å². The molecule has 0 saturated carbocycles. The van der Waals surface area contributed by atoms with Crippen LogP contribution >= 0.6 is 7.82 Å². The number of ether oxygens (including phenoxy) is 2. The van der Waals surface area contributed by atoms with E-state index in [1.165, 1.54) is 167 Å². The molecule has 0 amide bonds. The Balaban J connectivity index is 3.98. The first-order valence-corrected chi connectivity index (χ1v) is 23.0. The Hall–Kier alpha value is -0.500. The number of nitrogens with two attached hydrogens (primary N) is 1. The first-order valence-electron chi connectivity index (χ1n) is 21.5. The minimum atomic E-state index is -4.27. The Morgan fingerprint density at radius 1 is 0.520 bits per heavy atom. The summed E-state index contributed by atoms with van der Waals surface area (Å²) in [6.45, 7) is 4.98. The van der Waals surface area contributed by atoms with Crippen LogP contribution in [0.25, 0.3) is 0 Å². The molecule has 0 aliphatic rings. The van der Waals surface area contributed by atoms with Crippen molar-refractivity contribution in [2.45, 2.75) is 225 Å². The van der Waals surface area contributed by atoms with E-state index < -0.39 is 13.9 Å². The zero-order valence-electron chi connectivity index (χ0n) is 33.2. The molecule has 300 valence electrons. The minimum Gasteiger partial charge on any atom is -0.457 e. The third-order valence-electron chi connectivity index (χ3n) is 9.52. The van der Waals surface area contributed by atoms with Gasteiger partial charge in [0.05, 0.1) is 19.8 Å². The van der Waals surface area contributed by atoms with Crippen LogP contribution in [0.1, 0.15) is 219 Å². The van der Waals surface area contributed by atoms with Crippen LogP contribution in [-0.4, -0.2) is 49.9 Å². The quantitative estimate of drug-likeness (QED) is 0.0362. The van der Waals surface area contributed by atoms with Gasteiger partial charge in [-0.3, -0.25) is 13.8 Å². The molecule has 0 fully saturated rings. The second-order valence-electron chi connectivity index (χ2n) is 14.6. The van der Waals surface area contributed by atoms with E-state index >= 15 is 0 Å². The van der Waals surface area contributed by atoms with Crippen LogP contribution in [0, 0.1) is 0 Å². The zero-order valence-corrected chi connectivity index (χ0v) is 34.1. The van der Waals surface area contributed by atoms with E-state index in [1.807, 2.05) is 0 Å². The van der Waals surface area contributed by atoms with Crippen molar-refractivity contribution in [1.29, 1.82) is 0 Å². The predicted octanol–water partition coefficient (Wildman–Crippen LogP) is 12.5. The van der Waals surface area contributed by atoms with Crippen molar-refractivity contribution in [2.75, 3.05) is 33.0 Å². The van der Waals surface area contributed by atoms with Crippen molar-refractivity contribution < 1.29 is 32.8 Å². The summed E-state index contributed by atoms with van der Waals surface area (Å²) in [7, 11) is -4.27. The van der Waals surface area contributed by atoms with Gasteiger partial charge in [0, 0.05) is 19.6 Å². The Bertz CT molecular complexity index is 742. The molecule has 0 bridgehead atoms. The van der Waals surface area contributed by atoms with Crippen molar-refractivity contribution in [1.82, 2.24) is 0 Å². The van der Waals surface area contributed by atoms with Crippen molar-refractivity contribution in [3.63, 3.8) is 0 Å². The highest BCUT2D eigenvalue weighted by Gasteiger charge is 2.25. The van der Waals surface area contributed by atoms with Gasteiger partial charge in [0.1, 0.15) is 6.10 Å². The SMILES string of the molecule is CCCCCCCCCCCCCCCCCCC(=O)OC(COCCCCCCCCCCCCCCCCC)COP(=O)(O)OCCN. The van der Waals surface area contributed by atoms with Crippen LogP contribution in [0.3, 0.4) is 0 Å². The number of esters is 1. The topological polar surface area (TPSA) is 117 Å². The lowest BCUT2D eigenvalue weighted by Crippen LogP contribution is -2.28. The fourth-order valence-corrected chi connectivity index (χ4v) is 7.12. The van der Waals surface area contributed by atoms with E-state index in [2.05, 4.69) is 13.8 Å². The molecule has 0 radical (unpaired) electrons. The van der Waals surface area contributed by atoms with Crippen LogP contribution < -0.4 is 5.73 Å². The van der Waals surface area contributed by atoms with Gasteiger partial charge in [-0.25, -0.2) is 4.57 Å². The van der Waals surface area contributed by atoms with Gasteiger partial charge in [0.15, 0.2) is 0 Å². The molecule has 0 aromatic heterocycles. The van der Waals surface area contributed by atoms with Gasteiger partial charge in [-0.2, -0.15) is 0 Å². The summed E-state index contributed by atoms with van der Waals surface area (Å²) >= 11 is 0. The van der Waals surface area contributed by atoms with Gasteiger partial charge >= 0.3 is 13.8 Å². The monoisotopic (exact) mass is 734 g/mol. The molecule has 3 N–H and O–H groups in total. The van der Waals surface area contributed by atoms with Crippen LogP contribution in [0.15, 0.2) is 0 Å². The maximum atomic E-state index is 12.6. The third kappa shape index (κ3) is 38.7. The zero-order chi connectivity index (χ0) is 36.6. The number of unbranched alkanes of at least 4 members (excludes halogenated alkanes) is 29. The first kappa shape index (κ1) is 49.5. The molecular formula is C41H84NO7P. The second-order valence-corrected chi connectivity index (χ2v) is 16.0. The average molecular weight is 734 g/mol. The van der Waals surface area contributed by atoms with E-state index in [-0.39, 0.29) is 32.3 Å². The maximum absolute atomic E-state index is 12.6. The molecule has 50 heavy (non-hydrogen) atoms. The molecule has 2 atom stereocenters. The summed E-state index contributed by atoms with van der Waals surface area (Å²) in [5.74, 6) is -0.324. The van der Waals surface area contributed by atoms with Crippen molar-refractivity contribution >= 4 is 13.8 Å². The Morgan fingerprint density at radius 3 is 1.26 bits per heavy atom. The van der Waals surface area contributed by atoms with Crippen LogP contribution in [-0.2, 0) is 27.9 Å². The Kier molecular flexibility index (Phi) is 39.3. The van der Waals surface area contributed by atoms with E-state index in [0.717, 1.165) is 32.1 Å². The predicted molar refractivity (Wildman–Crippen MR) is 211 cm³/mol. The molecule has 8 nitrogen and oxygen atoms in total. The lowest BCUT2D eigenvalue weighted by atomic mass is 10.0. The molecule has 0 saturated heterocycles. The van der Waals surface area contributed by atoms with Gasteiger partial charge in [-0.1, -0.05) is 200 Å². The largest absolute Gasteiger partial charge is 0.472 e. The molecular weight excluding hydrogens is 649 g/mol. The highest BCUT2D eigenvalue weighted by molar-refractivity contribution is 7.47. The molecule has 0 spiro atoms. The minimum absolute atomic E-state index is 0.0901. The average Bonchev–Trinajstić information content (AvgIpc) is 3.10. The van der Waals surface area contributed by atoms with Crippen molar-refractivity contribution in [2.24, 2.45) is 5.73 Å². The van der Waals surface area contributed by atoms with Crippen LogP contribution in [0.4, 0.5) is 0 Å². The lowest BCUT2D eigenvalue weighted by Gasteiger charge is -2.20. The number of hydrogen-bond acceptors (Lipinski definition) is 7. The fraction of sp³-hybridized carbons (Fsp3) is 0.976. The summed E-state index contributed by atoms with van der Waals surface area (Å²) in [6, 6.07) is 0. The van der Waals surface area contributed by atoms with Gasteiger partial charge in [-0.05, 0) is 12.8 Å². The number of hydrogen-bond donors (Lipinski definition) is 2. The summed E-state index contributed by atoms with van der Waals surface area (Å²) < 4.78 is 33.4. The molecule has 0 aliphatic heterocycles. The summed E-state index contributed by atoms with van der Waals surface area (Å²) in [6.07, 6.45) is 39.7. The Labute approximate surface area is 310 Å². The molecule has 0 aromatic carbocycles. The van der Waals surface area contributed by atoms with Gasteiger partial charge in [0.2, 0.25) is 0 Å². The molecule has 9 heteroatoms.